The molecule has 1 saturated heterocycles. The molecule has 0 saturated carbocycles. The number of benzene rings is 2. The zero-order valence-corrected chi connectivity index (χ0v) is 15.1. The summed E-state index contributed by atoms with van der Waals surface area (Å²) in [6.07, 6.45) is -4.17. The summed E-state index contributed by atoms with van der Waals surface area (Å²) in [5.41, 5.74) is 1.35. The van der Waals surface area contributed by atoms with Crippen LogP contribution in [-0.4, -0.2) is 42.9 Å². The van der Waals surface area contributed by atoms with E-state index in [-0.39, 0.29) is 30.3 Å². The molecule has 0 spiro atoms. The van der Waals surface area contributed by atoms with Crippen LogP contribution in [-0.2, 0) is 11.3 Å². The van der Waals surface area contributed by atoms with Crippen molar-refractivity contribution in [2.45, 2.75) is 31.5 Å². The molecule has 28 heavy (non-hydrogen) atoms. The van der Waals surface area contributed by atoms with Crippen molar-refractivity contribution in [1.82, 2.24) is 4.90 Å². The van der Waals surface area contributed by atoms with E-state index >= 15 is 0 Å². The lowest BCUT2D eigenvalue weighted by Gasteiger charge is -2.31. The number of para-hydroxylation sites is 2. The Labute approximate surface area is 160 Å². The fourth-order valence-electron chi connectivity index (χ4n) is 3.73. The minimum absolute atomic E-state index is 0.0407. The number of hydrogen-bond acceptors (Lipinski definition) is 4. The second-order valence-electron chi connectivity index (χ2n) is 7.01. The molecule has 2 aromatic carbocycles. The summed E-state index contributed by atoms with van der Waals surface area (Å²) in [7, 11) is 1.89. The zero-order valence-electron chi connectivity index (χ0n) is 15.1. The number of nitrogens with zero attached hydrogens (tertiary/aromatic N) is 2. The maximum Gasteiger partial charge on any atom is 0.573 e. The number of likely N-dealkylation sites (tertiary alicyclic amines) is 1. The van der Waals surface area contributed by atoms with Crippen molar-refractivity contribution >= 4 is 11.6 Å². The number of ether oxygens (including phenoxy) is 2. The van der Waals surface area contributed by atoms with Crippen LogP contribution >= 0.6 is 0 Å². The molecule has 2 aliphatic rings. The number of fused-ring (bicyclic) bond motifs is 3. The van der Waals surface area contributed by atoms with E-state index in [9.17, 15) is 18.0 Å². The van der Waals surface area contributed by atoms with Crippen LogP contribution in [0.4, 0.5) is 18.9 Å². The lowest BCUT2D eigenvalue weighted by Crippen LogP contribution is -2.44. The number of carbonyl (C=O) groups excluding carboxylic acids is 1. The largest absolute Gasteiger partial charge is 0.573 e. The lowest BCUT2D eigenvalue weighted by atomic mass is 10.1. The van der Waals surface area contributed by atoms with Crippen LogP contribution in [0.5, 0.6) is 11.5 Å². The normalized spacial score (nSPS) is 22.3. The van der Waals surface area contributed by atoms with Crippen LogP contribution in [0.1, 0.15) is 12.0 Å². The second kappa shape index (κ2) is 7.01. The van der Waals surface area contributed by atoms with Crippen molar-refractivity contribution in [2.24, 2.45) is 0 Å². The molecule has 1 amide bonds. The first-order chi connectivity index (χ1) is 13.3. The molecule has 5 nitrogen and oxygen atoms in total. The summed E-state index contributed by atoms with van der Waals surface area (Å²) in [4.78, 5) is 16.9. The smallest absolute Gasteiger partial charge is 0.487 e. The van der Waals surface area contributed by atoms with Gasteiger partial charge < -0.3 is 14.4 Å². The van der Waals surface area contributed by atoms with Crippen LogP contribution in [0.25, 0.3) is 0 Å². The predicted octanol–water partition coefficient (Wildman–Crippen LogP) is 3.58. The van der Waals surface area contributed by atoms with E-state index in [2.05, 4.69) is 4.74 Å². The highest BCUT2D eigenvalue weighted by atomic mass is 19.4. The Hall–Kier alpha value is -2.74. The molecule has 8 heteroatoms. The van der Waals surface area contributed by atoms with E-state index in [0.29, 0.717) is 30.0 Å². The molecule has 1 fully saturated rings. The van der Waals surface area contributed by atoms with Gasteiger partial charge in [-0.05, 0) is 36.9 Å². The molecule has 148 valence electrons. The van der Waals surface area contributed by atoms with Crippen molar-refractivity contribution in [3.05, 3.63) is 54.1 Å². The molecule has 2 aliphatic heterocycles. The van der Waals surface area contributed by atoms with Crippen LogP contribution < -0.4 is 14.4 Å². The Bertz CT molecular complexity index is 870. The molecule has 2 heterocycles. The number of amides is 1. The first-order valence-corrected chi connectivity index (χ1v) is 8.92. The standard InChI is InChI=1S/C20H19F3N2O3/c1-24-12-15-10-17(24)19(26)25(16-4-2-3-5-18(16)27-15)11-13-6-8-14(9-7-13)28-20(21,22)23/h2-9,15,17H,10-12H2,1H3/t15-,17-/m0/s1. The molecule has 0 N–H and O–H groups in total. The van der Waals surface area contributed by atoms with Crippen molar-refractivity contribution < 1.29 is 27.4 Å². The Morgan fingerprint density at radius 1 is 1.14 bits per heavy atom. The van der Waals surface area contributed by atoms with Crippen molar-refractivity contribution in [1.29, 1.82) is 0 Å². The van der Waals surface area contributed by atoms with Gasteiger partial charge in [-0.1, -0.05) is 24.3 Å². The monoisotopic (exact) mass is 392 g/mol. The minimum Gasteiger partial charge on any atom is -0.487 e. The number of rotatable bonds is 3. The van der Waals surface area contributed by atoms with Gasteiger partial charge in [0.05, 0.1) is 18.3 Å². The van der Waals surface area contributed by atoms with Gasteiger partial charge in [-0.25, -0.2) is 0 Å². The molecule has 2 atom stereocenters. The van der Waals surface area contributed by atoms with Crippen LogP contribution in [0.15, 0.2) is 48.5 Å². The Morgan fingerprint density at radius 3 is 2.57 bits per heavy atom. The maximum atomic E-state index is 13.2. The number of hydrogen-bond donors (Lipinski definition) is 0. The van der Waals surface area contributed by atoms with Crippen molar-refractivity contribution in [3.63, 3.8) is 0 Å². The van der Waals surface area contributed by atoms with E-state index in [1.807, 2.05) is 36.2 Å². The lowest BCUT2D eigenvalue weighted by molar-refractivity contribution is -0.274. The minimum atomic E-state index is -4.74. The molecular formula is C20H19F3N2O3. The average Bonchev–Trinajstić information content (AvgIpc) is 3.00. The molecule has 2 bridgehead atoms. The highest BCUT2D eigenvalue weighted by molar-refractivity contribution is 5.99. The van der Waals surface area contributed by atoms with E-state index in [1.165, 1.54) is 24.3 Å². The summed E-state index contributed by atoms with van der Waals surface area (Å²) >= 11 is 0. The van der Waals surface area contributed by atoms with Crippen molar-refractivity contribution in [3.8, 4) is 11.5 Å². The predicted molar refractivity (Wildman–Crippen MR) is 96.2 cm³/mol. The third-order valence-electron chi connectivity index (χ3n) is 5.01. The van der Waals surface area contributed by atoms with Gasteiger partial charge in [0.2, 0.25) is 5.91 Å². The van der Waals surface area contributed by atoms with E-state index in [1.54, 1.807) is 4.90 Å². The van der Waals surface area contributed by atoms with Gasteiger partial charge >= 0.3 is 6.36 Å². The number of carbonyl (C=O) groups is 1. The summed E-state index contributed by atoms with van der Waals surface area (Å²) in [6.45, 7) is 0.891. The number of halogens is 3. The van der Waals surface area contributed by atoms with E-state index in [0.717, 1.165) is 0 Å². The Morgan fingerprint density at radius 2 is 1.86 bits per heavy atom. The first kappa shape index (κ1) is 18.6. The van der Waals surface area contributed by atoms with Gasteiger partial charge in [0.1, 0.15) is 17.6 Å². The van der Waals surface area contributed by atoms with Gasteiger partial charge in [0, 0.05) is 13.0 Å². The maximum absolute atomic E-state index is 13.2. The van der Waals surface area contributed by atoms with E-state index < -0.39 is 6.36 Å². The van der Waals surface area contributed by atoms with Crippen LogP contribution in [0, 0.1) is 0 Å². The van der Waals surface area contributed by atoms with Gasteiger partial charge in [0.15, 0.2) is 0 Å². The average molecular weight is 392 g/mol. The van der Waals surface area contributed by atoms with Crippen LogP contribution in [0.2, 0.25) is 0 Å². The first-order valence-electron chi connectivity index (χ1n) is 8.92. The third kappa shape index (κ3) is 3.77. The van der Waals surface area contributed by atoms with Gasteiger partial charge in [-0.3, -0.25) is 9.69 Å². The highest BCUT2D eigenvalue weighted by Crippen LogP contribution is 2.36. The van der Waals surface area contributed by atoms with Crippen LogP contribution in [0.3, 0.4) is 0 Å². The Balaban J connectivity index is 1.63. The molecule has 4 rings (SSSR count). The van der Waals surface area contributed by atoms with Gasteiger partial charge in [0.25, 0.3) is 0 Å². The summed E-state index contributed by atoms with van der Waals surface area (Å²) < 4.78 is 47.0. The fraction of sp³-hybridized carbons (Fsp3) is 0.350. The molecule has 0 aromatic heterocycles. The molecule has 2 aromatic rings. The molecule has 0 radical (unpaired) electrons. The number of alkyl halides is 3. The molecular weight excluding hydrogens is 373 g/mol. The second-order valence-corrected chi connectivity index (χ2v) is 7.01. The zero-order chi connectivity index (χ0) is 19.9. The summed E-state index contributed by atoms with van der Waals surface area (Å²) in [5.74, 6) is 0.292. The number of likely N-dealkylation sites (N-methyl/N-ethyl adjacent to an activating group) is 1. The van der Waals surface area contributed by atoms with Gasteiger partial charge in [-0.2, -0.15) is 0 Å². The topological polar surface area (TPSA) is 42.0 Å². The highest BCUT2D eigenvalue weighted by Gasteiger charge is 2.41. The third-order valence-corrected chi connectivity index (χ3v) is 5.01. The molecule has 0 unspecified atom stereocenters. The quantitative estimate of drug-likeness (QED) is 0.801. The number of anilines is 1. The molecule has 0 aliphatic carbocycles. The summed E-state index contributed by atoms with van der Waals surface area (Å²) in [5, 5.41) is 0. The Kier molecular flexibility index (Phi) is 4.66. The SMILES string of the molecule is CN1C[C@@H]2C[C@H]1C(=O)N(Cc1ccc(OC(F)(F)F)cc1)c1ccccc1O2. The van der Waals surface area contributed by atoms with Gasteiger partial charge in [-0.15, -0.1) is 13.2 Å². The summed E-state index contributed by atoms with van der Waals surface area (Å²) in [6, 6.07) is 12.6. The van der Waals surface area contributed by atoms with Crippen molar-refractivity contribution in [2.75, 3.05) is 18.5 Å². The van der Waals surface area contributed by atoms with E-state index in [4.69, 9.17) is 4.74 Å². The fourth-order valence-corrected chi connectivity index (χ4v) is 3.73.